The predicted octanol–water partition coefficient (Wildman–Crippen LogP) is 1.31. The van der Waals surface area contributed by atoms with Crippen molar-refractivity contribution >= 4 is 29.3 Å². The van der Waals surface area contributed by atoms with Crippen LogP contribution in [-0.4, -0.2) is 53.9 Å². The van der Waals surface area contributed by atoms with E-state index in [1.165, 1.54) is 24.3 Å². The number of hydrogen-bond acceptors (Lipinski definition) is 6. The molecule has 142 valence electrons. The highest BCUT2D eigenvalue weighted by Crippen LogP contribution is 2.13. The Morgan fingerprint density at radius 2 is 2.27 bits per heavy atom. The van der Waals surface area contributed by atoms with Gasteiger partial charge in [-0.25, -0.2) is 0 Å². The van der Waals surface area contributed by atoms with Crippen LogP contribution in [0.2, 0.25) is 0 Å². The van der Waals surface area contributed by atoms with E-state index < -0.39 is 16.9 Å². The third-order valence-corrected chi connectivity index (χ3v) is 4.84. The van der Waals surface area contributed by atoms with Crippen molar-refractivity contribution in [1.82, 2.24) is 16.0 Å². The second-order valence-corrected chi connectivity index (χ2v) is 7.15. The Morgan fingerprint density at radius 1 is 1.46 bits per heavy atom. The lowest BCUT2D eigenvalue weighted by Gasteiger charge is -2.26. The molecule has 9 heteroatoms. The van der Waals surface area contributed by atoms with Crippen LogP contribution in [0.15, 0.2) is 24.3 Å². The van der Waals surface area contributed by atoms with Gasteiger partial charge in [0.2, 0.25) is 5.91 Å². The molecule has 26 heavy (non-hydrogen) atoms. The number of piperidine rings is 1. The molecule has 0 aliphatic carbocycles. The summed E-state index contributed by atoms with van der Waals surface area (Å²) in [5.41, 5.74) is 0.0107. The molecule has 3 N–H and O–H groups in total. The number of thioether (sulfide) groups is 1. The Labute approximate surface area is 156 Å². The van der Waals surface area contributed by atoms with Gasteiger partial charge in [-0.1, -0.05) is 6.07 Å². The minimum Gasteiger partial charge on any atom is -0.350 e. The zero-order valence-corrected chi connectivity index (χ0v) is 15.5. The van der Waals surface area contributed by atoms with Crippen LogP contribution in [0, 0.1) is 10.1 Å². The molecule has 0 bridgehead atoms. The van der Waals surface area contributed by atoms with Crippen LogP contribution in [0.3, 0.4) is 0 Å². The number of benzene rings is 1. The third-order valence-electron chi connectivity index (χ3n) is 4.19. The summed E-state index contributed by atoms with van der Waals surface area (Å²) in [5.74, 6) is 0.0132. The van der Waals surface area contributed by atoms with Gasteiger partial charge in [0.05, 0.1) is 4.92 Å². The van der Waals surface area contributed by atoms with Crippen molar-refractivity contribution in [3.8, 4) is 0 Å². The first-order valence-electron chi connectivity index (χ1n) is 8.56. The number of rotatable bonds is 8. The number of carbonyl (C=O) groups is 2. The fourth-order valence-electron chi connectivity index (χ4n) is 2.78. The summed E-state index contributed by atoms with van der Waals surface area (Å²) in [4.78, 5) is 35.4. The zero-order chi connectivity index (χ0) is 18.9. The molecule has 2 unspecified atom stereocenters. The van der Waals surface area contributed by atoms with Crippen molar-refractivity contribution in [3.05, 3.63) is 39.9 Å². The van der Waals surface area contributed by atoms with Gasteiger partial charge in [0.1, 0.15) is 6.04 Å². The molecule has 1 heterocycles. The minimum absolute atomic E-state index is 0.0581. The molecule has 2 atom stereocenters. The van der Waals surface area contributed by atoms with Crippen molar-refractivity contribution in [3.63, 3.8) is 0 Å². The molecular weight excluding hydrogens is 356 g/mol. The molecule has 0 spiro atoms. The minimum atomic E-state index is -0.670. The Kier molecular flexibility index (Phi) is 7.86. The molecule has 2 rings (SSSR count). The monoisotopic (exact) mass is 380 g/mol. The summed E-state index contributed by atoms with van der Waals surface area (Å²) in [7, 11) is 0. The van der Waals surface area contributed by atoms with Crippen molar-refractivity contribution in [2.24, 2.45) is 0 Å². The van der Waals surface area contributed by atoms with Gasteiger partial charge in [0.15, 0.2) is 0 Å². The Hall–Kier alpha value is -2.13. The number of carbonyl (C=O) groups excluding carboxylic acids is 2. The van der Waals surface area contributed by atoms with Crippen molar-refractivity contribution < 1.29 is 14.5 Å². The molecule has 0 saturated carbocycles. The lowest BCUT2D eigenvalue weighted by atomic mass is 10.1. The maximum absolute atomic E-state index is 12.6. The van der Waals surface area contributed by atoms with Crippen LogP contribution in [0.25, 0.3) is 0 Å². The van der Waals surface area contributed by atoms with Gasteiger partial charge < -0.3 is 16.0 Å². The highest BCUT2D eigenvalue weighted by molar-refractivity contribution is 7.98. The van der Waals surface area contributed by atoms with Crippen LogP contribution in [-0.2, 0) is 4.79 Å². The predicted molar refractivity (Wildman–Crippen MR) is 101 cm³/mol. The Balaban J connectivity index is 2.03. The number of nitro groups is 1. The molecule has 1 saturated heterocycles. The normalized spacial score (nSPS) is 18.0. The quantitative estimate of drug-likeness (QED) is 0.463. The molecule has 2 amide bonds. The van der Waals surface area contributed by atoms with E-state index in [1.54, 1.807) is 11.8 Å². The molecule has 8 nitrogen and oxygen atoms in total. The number of non-ortho nitro benzene ring substituents is 1. The first-order valence-corrected chi connectivity index (χ1v) is 9.96. The zero-order valence-electron chi connectivity index (χ0n) is 14.7. The highest BCUT2D eigenvalue weighted by atomic mass is 32.2. The van der Waals surface area contributed by atoms with Gasteiger partial charge in [0.25, 0.3) is 11.6 Å². The smallest absolute Gasteiger partial charge is 0.270 e. The highest BCUT2D eigenvalue weighted by Gasteiger charge is 2.24. The van der Waals surface area contributed by atoms with Crippen molar-refractivity contribution in [2.45, 2.75) is 31.3 Å². The summed E-state index contributed by atoms with van der Waals surface area (Å²) >= 11 is 1.59. The number of nitrogens with one attached hydrogen (secondary N) is 3. The number of nitro benzene ring substituents is 1. The summed E-state index contributed by atoms with van der Waals surface area (Å²) in [5, 5.41) is 19.8. The average molecular weight is 380 g/mol. The van der Waals surface area contributed by atoms with Crippen LogP contribution >= 0.6 is 11.8 Å². The SMILES string of the molecule is CSCCC(NC(=O)c1cccc([N+](=O)[O-])c1)C(=O)NC1CCCNC1. The fourth-order valence-corrected chi connectivity index (χ4v) is 3.26. The molecule has 1 aromatic carbocycles. The van der Waals surface area contributed by atoms with E-state index in [9.17, 15) is 19.7 Å². The molecule has 1 aromatic rings. The first-order chi connectivity index (χ1) is 12.5. The van der Waals surface area contributed by atoms with Gasteiger partial charge in [-0.3, -0.25) is 19.7 Å². The molecule has 1 aliphatic heterocycles. The largest absolute Gasteiger partial charge is 0.350 e. The maximum Gasteiger partial charge on any atom is 0.270 e. The van der Waals surface area contributed by atoms with E-state index in [-0.39, 0.29) is 23.2 Å². The summed E-state index contributed by atoms with van der Waals surface area (Å²) in [6.07, 6.45) is 4.34. The van der Waals surface area contributed by atoms with Gasteiger partial charge in [0, 0.05) is 30.3 Å². The second kappa shape index (κ2) is 10.1. The summed E-state index contributed by atoms with van der Waals surface area (Å²) < 4.78 is 0. The molecule has 1 aliphatic rings. The first kappa shape index (κ1) is 20.2. The average Bonchev–Trinajstić information content (AvgIpc) is 2.65. The maximum atomic E-state index is 12.6. The van der Waals surface area contributed by atoms with Gasteiger partial charge >= 0.3 is 0 Å². The van der Waals surface area contributed by atoms with Crippen LogP contribution in [0.1, 0.15) is 29.6 Å². The van der Waals surface area contributed by atoms with Crippen LogP contribution in [0.4, 0.5) is 5.69 Å². The van der Waals surface area contributed by atoms with Gasteiger partial charge in [-0.2, -0.15) is 11.8 Å². The number of nitrogens with zero attached hydrogens (tertiary/aromatic N) is 1. The van der Waals surface area contributed by atoms with E-state index in [0.717, 1.165) is 31.7 Å². The van der Waals surface area contributed by atoms with Gasteiger partial charge in [-0.15, -0.1) is 0 Å². The van der Waals surface area contributed by atoms with Crippen molar-refractivity contribution in [2.75, 3.05) is 25.1 Å². The molecule has 0 aromatic heterocycles. The lowest BCUT2D eigenvalue weighted by molar-refractivity contribution is -0.384. The van der Waals surface area contributed by atoms with E-state index in [2.05, 4.69) is 16.0 Å². The van der Waals surface area contributed by atoms with E-state index in [1.807, 2.05) is 6.26 Å². The Bertz CT molecular complexity index is 649. The standard InChI is InChI=1S/C17H24N4O4S/c1-26-9-7-15(17(23)19-13-5-3-8-18-11-13)20-16(22)12-4-2-6-14(10-12)21(24)25/h2,4,6,10,13,15,18H,3,5,7-9,11H2,1H3,(H,19,23)(H,20,22). The molecule has 0 radical (unpaired) electrons. The Morgan fingerprint density at radius 3 is 2.92 bits per heavy atom. The third kappa shape index (κ3) is 5.99. The second-order valence-electron chi connectivity index (χ2n) is 6.17. The van der Waals surface area contributed by atoms with Crippen molar-refractivity contribution in [1.29, 1.82) is 0 Å². The molecular formula is C17H24N4O4S. The number of hydrogen-bond donors (Lipinski definition) is 3. The number of amides is 2. The van der Waals surface area contributed by atoms with Gasteiger partial charge in [-0.05, 0) is 43.9 Å². The molecule has 1 fully saturated rings. The van der Waals surface area contributed by atoms with Crippen LogP contribution < -0.4 is 16.0 Å². The van der Waals surface area contributed by atoms with E-state index in [0.29, 0.717) is 6.42 Å². The van der Waals surface area contributed by atoms with E-state index in [4.69, 9.17) is 0 Å². The fraction of sp³-hybridized carbons (Fsp3) is 0.529. The van der Waals surface area contributed by atoms with E-state index >= 15 is 0 Å². The summed E-state index contributed by atoms with van der Waals surface area (Å²) in [6, 6.07) is 4.88. The van der Waals surface area contributed by atoms with Crippen LogP contribution in [0.5, 0.6) is 0 Å². The topological polar surface area (TPSA) is 113 Å². The summed E-state index contributed by atoms with van der Waals surface area (Å²) in [6.45, 7) is 1.67. The lowest BCUT2D eigenvalue weighted by Crippen LogP contribution is -2.53.